The van der Waals surface area contributed by atoms with Crippen LogP contribution in [0.15, 0.2) is 24.3 Å². The Morgan fingerprint density at radius 1 is 1.07 bits per heavy atom. The summed E-state index contributed by atoms with van der Waals surface area (Å²) >= 11 is 1.39. The molecule has 162 valence electrons. The average Bonchev–Trinajstić information content (AvgIpc) is 3.05. The zero-order chi connectivity index (χ0) is 22.1. The molecule has 0 unspecified atom stereocenters. The lowest BCUT2D eigenvalue weighted by molar-refractivity contribution is -0.138. The summed E-state index contributed by atoms with van der Waals surface area (Å²) in [5, 5.41) is 0.920. The number of carbonyl (C=O) groups excluding carboxylic acids is 2. The van der Waals surface area contributed by atoms with Gasteiger partial charge in [-0.2, -0.15) is 13.2 Å². The van der Waals surface area contributed by atoms with Crippen LogP contribution in [-0.4, -0.2) is 52.8 Å². The van der Waals surface area contributed by atoms with Crippen LogP contribution in [0.3, 0.4) is 0 Å². The van der Waals surface area contributed by atoms with Gasteiger partial charge in [0.15, 0.2) is 0 Å². The van der Waals surface area contributed by atoms with E-state index in [1.54, 1.807) is 11.8 Å². The molecule has 0 aliphatic carbocycles. The Balaban J connectivity index is 1.68. The first kappa shape index (κ1) is 22.3. The molecule has 0 N–H and O–H groups in total. The van der Waals surface area contributed by atoms with Crippen LogP contribution in [0.2, 0.25) is 0 Å². The van der Waals surface area contributed by atoms with Crippen molar-refractivity contribution in [3.63, 3.8) is 0 Å². The number of nitrogens with zero attached hydrogens (tertiary/aromatic N) is 3. The molecule has 0 saturated carbocycles. The van der Waals surface area contributed by atoms with E-state index in [1.165, 1.54) is 34.4 Å². The predicted molar refractivity (Wildman–Crippen MR) is 109 cm³/mol. The third-order valence-corrected chi connectivity index (χ3v) is 6.10. The SMILES string of the molecule is Cc1nc(CC(C)C)sc1C(=O)N1CCN(C(=O)c2ccccc2C(F)(F)F)CC1. The molecule has 0 atom stereocenters. The molecule has 2 heterocycles. The normalized spacial score (nSPS) is 15.0. The second-order valence-corrected chi connectivity index (χ2v) is 8.83. The minimum absolute atomic E-state index is 0.136. The van der Waals surface area contributed by atoms with Crippen LogP contribution in [0, 0.1) is 12.8 Å². The lowest BCUT2D eigenvalue weighted by Gasteiger charge is -2.35. The quantitative estimate of drug-likeness (QED) is 0.715. The summed E-state index contributed by atoms with van der Waals surface area (Å²) in [6.45, 7) is 6.91. The molecular weight excluding hydrogens is 415 g/mol. The highest BCUT2D eigenvalue weighted by Gasteiger charge is 2.36. The summed E-state index contributed by atoms with van der Waals surface area (Å²) < 4.78 is 39.7. The van der Waals surface area contributed by atoms with Crippen molar-refractivity contribution in [2.45, 2.75) is 33.4 Å². The van der Waals surface area contributed by atoms with E-state index in [0.29, 0.717) is 16.5 Å². The first-order valence-corrected chi connectivity index (χ1v) is 10.6. The maximum Gasteiger partial charge on any atom is 0.417 e. The number of thiazole rings is 1. The maximum absolute atomic E-state index is 13.2. The zero-order valence-electron chi connectivity index (χ0n) is 17.1. The van der Waals surface area contributed by atoms with Gasteiger partial charge in [-0.3, -0.25) is 9.59 Å². The Bertz CT molecular complexity index is 932. The highest BCUT2D eigenvalue weighted by atomic mass is 32.1. The van der Waals surface area contributed by atoms with Gasteiger partial charge in [0.1, 0.15) is 4.88 Å². The summed E-state index contributed by atoms with van der Waals surface area (Å²) in [7, 11) is 0. The third-order valence-electron chi connectivity index (χ3n) is 4.93. The van der Waals surface area contributed by atoms with E-state index in [0.717, 1.165) is 17.5 Å². The molecule has 1 aromatic carbocycles. The van der Waals surface area contributed by atoms with E-state index in [1.807, 2.05) is 0 Å². The number of benzene rings is 1. The minimum Gasteiger partial charge on any atom is -0.335 e. The Morgan fingerprint density at radius 2 is 1.63 bits per heavy atom. The molecule has 1 aromatic heterocycles. The topological polar surface area (TPSA) is 53.5 Å². The first-order valence-electron chi connectivity index (χ1n) is 9.79. The molecule has 0 radical (unpaired) electrons. The monoisotopic (exact) mass is 439 g/mol. The number of hydrogen-bond acceptors (Lipinski definition) is 4. The molecule has 1 aliphatic heterocycles. The van der Waals surface area contributed by atoms with E-state index in [-0.39, 0.29) is 37.6 Å². The van der Waals surface area contributed by atoms with Crippen LogP contribution in [-0.2, 0) is 12.6 Å². The lowest BCUT2D eigenvalue weighted by Crippen LogP contribution is -2.50. The Morgan fingerprint density at radius 3 is 2.20 bits per heavy atom. The summed E-state index contributed by atoms with van der Waals surface area (Å²) in [6.07, 6.45) is -3.79. The van der Waals surface area contributed by atoms with E-state index < -0.39 is 17.6 Å². The molecule has 9 heteroatoms. The molecule has 5 nitrogen and oxygen atoms in total. The van der Waals surface area contributed by atoms with Crippen LogP contribution < -0.4 is 0 Å². The van der Waals surface area contributed by atoms with E-state index in [2.05, 4.69) is 18.8 Å². The molecular formula is C21H24F3N3O2S. The summed E-state index contributed by atoms with van der Waals surface area (Å²) in [4.78, 5) is 33.7. The molecule has 1 saturated heterocycles. The second kappa shape index (κ2) is 8.75. The molecule has 0 spiro atoms. The van der Waals surface area contributed by atoms with Crippen LogP contribution in [0.1, 0.15) is 50.1 Å². The van der Waals surface area contributed by atoms with Gasteiger partial charge in [0.2, 0.25) is 0 Å². The number of amides is 2. The van der Waals surface area contributed by atoms with Gasteiger partial charge in [0.25, 0.3) is 11.8 Å². The minimum atomic E-state index is -4.60. The van der Waals surface area contributed by atoms with Crippen molar-refractivity contribution >= 4 is 23.2 Å². The number of alkyl halides is 3. The van der Waals surface area contributed by atoms with Gasteiger partial charge in [-0.15, -0.1) is 11.3 Å². The van der Waals surface area contributed by atoms with Crippen molar-refractivity contribution < 1.29 is 22.8 Å². The maximum atomic E-state index is 13.2. The van der Waals surface area contributed by atoms with Crippen molar-refractivity contribution in [3.8, 4) is 0 Å². The lowest BCUT2D eigenvalue weighted by atomic mass is 10.1. The standard InChI is InChI=1S/C21H24F3N3O2S/c1-13(2)12-17-25-14(3)18(30-17)20(29)27-10-8-26(9-11-27)19(28)15-6-4-5-7-16(15)21(22,23)24/h4-7,13H,8-12H2,1-3H3. The molecule has 1 fully saturated rings. The van der Waals surface area contributed by atoms with Crippen molar-refractivity contribution in [1.82, 2.24) is 14.8 Å². The Hall–Kier alpha value is -2.42. The van der Waals surface area contributed by atoms with Crippen LogP contribution >= 0.6 is 11.3 Å². The highest BCUT2D eigenvalue weighted by Crippen LogP contribution is 2.32. The number of aromatic nitrogens is 1. The number of piperazine rings is 1. The van der Waals surface area contributed by atoms with E-state index in [4.69, 9.17) is 0 Å². The average molecular weight is 440 g/mol. The molecule has 2 amide bonds. The van der Waals surface area contributed by atoms with Crippen molar-refractivity contribution in [1.29, 1.82) is 0 Å². The number of halogens is 3. The smallest absolute Gasteiger partial charge is 0.335 e. The van der Waals surface area contributed by atoms with Crippen LogP contribution in [0.25, 0.3) is 0 Å². The summed E-state index contributed by atoms with van der Waals surface area (Å²) in [5.41, 5.74) is -0.605. The fraction of sp³-hybridized carbons (Fsp3) is 0.476. The second-order valence-electron chi connectivity index (χ2n) is 7.75. The highest BCUT2D eigenvalue weighted by molar-refractivity contribution is 7.13. The number of carbonyl (C=O) groups is 2. The Labute approximate surface area is 177 Å². The van der Waals surface area contributed by atoms with E-state index >= 15 is 0 Å². The molecule has 3 rings (SSSR count). The van der Waals surface area contributed by atoms with Crippen LogP contribution in [0.5, 0.6) is 0 Å². The van der Waals surface area contributed by atoms with Crippen molar-refractivity contribution in [3.05, 3.63) is 51.0 Å². The number of aryl methyl sites for hydroxylation is 1. The van der Waals surface area contributed by atoms with Crippen LogP contribution in [0.4, 0.5) is 13.2 Å². The third kappa shape index (κ3) is 4.83. The van der Waals surface area contributed by atoms with Gasteiger partial charge in [-0.1, -0.05) is 26.0 Å². The van der Waals surface area contributed by atoms with Crippen molar-refractivity contribution in [2.75, 3.05) is 26.2 Å². The summed E-state index contributed by atoms with van der Waals surface area (Å²) in [6, 6.07) is 4.79. The molecule has 30 heavy (non-hydrogen) atoms. The van der Waals surface area contributed by atoms with Gasteiger partial charge >= 0.3 is 6.18 Å². The van der Waals surface area contributed by atoms with Gasteiger partial charge < -0.3 is 9.80 Å². The number of rotatable bonds is 4. The molecule has 1 aliphatic rings. The molecule has 0 bridgehead atoms. The van der Waals surface area contributed by atoms with Crippen molar-refractivity contribution in [2.24, 2.45) is 5.92 Å². The van der Waals surface area contributed by atoms with Gasteiger partial charge in [-0.05, 0) is 25.0 Å². The first-order chi connectivity index (χ1) is 14.1. The largest absolute Gasteiger partial charge is 0.417 e. The fourth-order valence-electron chi connectivity index (χ4n) is 3.43. The van der Waals surface area contributed by atoms with Gasteiger partial charge in [-0.25, -0.2) is 4.98 Å². The fourth-order valence-corrected chi connectivity index (χ4v) is 4.68. The predicted octanol–water partition coefficient (Wildman–Crippen LogP) is 4.27. The van der Waals surface area contributed by atoms with E-state index in [9.17, 15) is 22.8 Å². The van der Waals surface area contributed by atoms with Gasteiger partial charge in [0, 0.05) is 32.6 Å². The molecule has 2 aromatic rings. The van der Waals surface area contributed by atoms with Gasteiger partial charge in [0.05, 0.1) is 21.8 Å². The Kier molecular flexibility index (Phi) is 6.50. The zero-order valence-corrected chi connectivity index (χ0v) is 17.9. The number of hydrogen-bond donors (Lipinski definition) is 0. The summed E-state index contributed by atoms with van der Waals surface area (Å²) in [5.74, 6) is -0.362.